The van der Waals surface area contributed by atoms with Crippen molar-refractivity contribution in [2.45, 2.75) is 92.2 Å². The fraction of sp³-hybridized carbons (Fsp3) is 0.864. The Kier molecular flexibility index (Phi) is 8.34. The molecule has 5 heteroatoms. The second-order valence-electron chi connectivity index (χ2n) is 9.92. The maximum atomic E-state index is 11.9. The van der Waals surface area contributed by atoms with Crippen molar-refractivity contribution in [2.75, 3.05) is 6.61 Å². The molecule has 0 aromatic carbocycles. The molecule has 0 aromatic heterocycles. The summed E-state index contributed by atoms with van der Waals surface area (Å²) >= 11 is 0. The topological polar surface area (TPSA) is 55.8 Å². The van der Waals surface area contributed by atoms with Gasteiger partial charge in [0, 0.05) is 5.57 Å². The van der Waals surface area contributed by atoms with Gasteiger partial charge in [-0.3, -0.25) is 0 Å². The average molecular weight is 399 g/mol. The number of esters is 1. The van der Waals surface area contributed by atoms with Crippen molar-refractivity contribution < 1.29 is 19.1 Å². The van der Waals surface area contributed by atoms with Crippen molar-refractivity contribution in [3.05, 3.63) is 11.6 Å². The molecule has 0 bridgehead atoms. The zero-order valence-electron chi connectivity index (χ0n) is 19.1. The van der Waals surface area contributed by atoms with Gasteiger partial charge in [-0.2, -0.15) is 0 Å². The first-order valence-electron chi connectivity index (χ1n) is 10.4. The van der Waals surface area contributed by atoms with Gasteiger partial charge in [-0.15, -0.1) is 0 Å². The van der Waals surface area contributed by atoms with E-state index in [1.54, 1.807) is 6.92 Å². The van der Waals surface area contributed by atoms with Gasteiger partial charge in [-0.1, -0.05) is 47.6 Å². The molecule has 1 N–H and O–H groups in total. The van der Waals surface area contributed by atoms with Crippen LogP contribution in [-0.2, 0) is 14.0 Å². The van der Waals surface area contributed by atoms with Crippen LogP contribution in [0.5, 0.6) is 0 Å². The van der Waals surface area contributed by atoms with Crippen molar-refractivity contribution in [2.24, 2.45) is 23.7 Å². The first-order chi connectivity index (χ1) is 12.2. The van der Waals surface area contributed by atoms with E-state index < -0.39 is 8.32 Å². The van der Waals surface area contributed by atoms with Crippen molar-refractivity contribution in [1.29, 1.82) is 0 Å². The van der Waals surface area contributed by atoms with Gasteiger partial charge in [-0.25, -0.2) is 4.79 Å². The predicted molar refractivity (Wildman–Crippen MR) is 114 cm³/mol. The van der Waals surface area contributed by atoms with Gasteiger partial charge in [0.1, 0.15) is 0 Å². The van der Waals surface area contributed by atoms with Crippen LogP contribution in [0, 0.1) is 23.7 Å². The molecule has 1 aliphatic carbocycles. The lowest BCUT2D eigenvalue weighted by molar-refractivity contribution is -0.138. The Hall–Kier alpha value is -0.653. The van der Waals surface area contributed by atoms with Gasteiger partial charge in [0.05, 0.1) is 18.8 Å². The Morgan fingerprint density at radius 3 is 2.15 bits per heavy atom. The highest BCUT2D eigenvalue weighted by atomic mass is 28.4. The molecular weight excluding hydrogens is 356 g/mol. The van der Waals surface area contributed by atoms with E-state index in [0.29, 0.717) is 24.5 Å². The number of carbonyl (C=O) groups excluding carboxylic acids is 1. The summed E-state index contributed by atoms with van der Waals surface area (Å²) < 4.78 is 11.9. The van der Waals surface area contributed by atoms with Crippen LogP contribution in [0.3, 0.4) is 0 Å². The van der Waals surface area contributed by atoms with Crippen molar-refractivity contribution in [1.82, 2.24) is 0 Å². The molecule has 0 heterocycles. The zero-order valence-corrected chi connectivity index (χ0v) is 20.1. The number of allylic oxidation sites excluding steroid dienone is 1. The molecule has 1 rings (SSSR count). The molecule has 158 valence electrons. The van der Waals surface area contributed by atoms with Crippen LogP contribution in [0.25, 0.3) is 0 Å². The molecule has 0 radical (unpaired) electrons. The van der Waals surface area contributed by atoms with Crippen molar-refractivity contribution >= 4 is 14.3 Å². The Labute approximate surface area is 167 Å². The van der Waals surface area contributed by atoms with E-state index in [1.807, 2.05) is 13.0 Å². The van der Waals surface area contributed by atoms with E-state index in [-0.39, 0.29) is 41.0 Å². The number of aliphatic hydroxyl groups excluding tert-OH is 1. The number of hydrogen-bond donors (Lipinski definition) is 1. The molecule has 1 fully saturated rings. The fourth-order valence-corrected chi connectivity index (χ4v) is 5.22. The zero-order chi connectivity index (χ0) is 21.2. The third-order valence-corrected chi connectivity index (χ3v) is 11.5. The first kappa shape index (κ1) is 24.4. The Bertz CT molecular complexity index is 535. The lowest BCUT2D eigenvalue weighted by Crippen LogP contribution is -2.55. The van der Waals surface area contributed by atoms with E-state index in [4.69, 9.17) is 9.16 Å². The molecule has 27 heavy (non-hydrogen) atoms. The maximum Gasteiger partial charge on any atom is 0.333 e. The minimum atomic E-state index is -1.90. The molecule has 0 amide bonds. The maximum absolute atomic E-state index is 11.9. The molecule has 4 nitrogen and oxygen atoms in total. The van der Waals surface area contributed by atoms with Crippen LogP contribution >= 0.6 is 0 Å². The molecule has 0 aromatic rings. The number of carbonyl (C=O) groups is 1. The van der Waals surface area contributed by atoms with Crippen molar-refractivity contribution in [3.63, 3.8) is 0 Å². The Morgan fingerprint density at radius 2 is 1.67 bits per heavy atom. The summed E-state index contributed by atoms with van der Waals surface area (Å²) in [7, 11) is -1.90. The normalized spacial score (nSPS) is 33.1. The summed E-state index contributed by atoms with van der Waals surface area (Å²) in [5.41, 5.74) is 0.615. The van der Waals surface area contributed by atoms with Crippen LogP contribution < -0.4 is 0 Å². The highest BCUT2D eigenvalue weighted by Crippen LogP contribution is 2.46. The van der Waals surface area contributed by atoms with E-state index in [2.05, 4.69) is 54.6 Å². The minimum Gasteiger partial charge on any atom is -0.463 e. The van der Waals surface area contributed by atoms with Gasteiger partial charge >= 0.3 is 5.97 Å². The van der Waals surface area contributed by atoms with Crippen LogP contribution in [0.2, 0.25) is 18.1 Å². The average Bonchev–Trinajstić information content (AvgIpc) is 2.55. The van der Waals surface area contributed by atoms with E-state index >= 15 is 0 Å². The highest BCUT2D eigenvalue weighted by molar-refractivity contribution is 6.74. The Morgan fingerprint density at radius 1 is 1.11 bits per heavy atom. The first-order valence-corrected chi connectivity index (χ1v) is 13.3. The molecule has 0 spiro atoms. The number of rotatable bonds is 6. The van der Waals surface area contributed by atoms with E-state index in [1.165, 1.54) is 0 Å². The lowest BCUT2D eigenvalue weighted by Gasteiger charge is -2.51. The molecule has 6 atom stereocenters. The third-order valence-electron chi connectivity index (χ3n) is 7.05. The van der Waals surface area contributed by atoms with Crippen LogP contribution in [0.15, 0.2) is 11.6 Å². The van der Waals surface area contributed by atoms with Crippen LogP contribution in [0.4, 0.5) is 0 Å². The number of hydrogen-bond acceptors (Lipinski definition) is 4. The molecule has 0 saturated heterocycles. The SMILES string of the molecule is CCOC(=O)/C(C)=C/C[C@@H]1[C@@H](C)[C@H](O[Si](C)(C)C(C)(C)C)[C@@H](C)[C@@H](C)[C@@H]1O. The second kappa shape index (κ2) is 9.23. The van der Waals surface area contributed by atoms with Gasteiger partial charge in [-0.05, 0) is 62.1 Å². The lowest BCUT2D eigenvalue weighted by atomic mass is 9.65. The minimum absolute atomic E-state index is 0.0790. The van der Waals surface area contributed by atoms with Crippen LogP contribution in [0.1, 0.15) is 61.8 Å². The summed E-state index contributed by atoms with van der Waals surface area (Å²) in [4.78, 5) is 11.9. The van der Waals surface area contributed by atoms with Gasteiger partial charge in [0.15, 0.2) is 8.32 Å². The van der Waals surface area contributed by atoms with Crippen LogP contribution in [-0.4, -0.2) is 38.2 Å². The molecule has 1 aliphatic rings. The second-order valence-corrected chi connectivity index (χ2v) is 14.7. The summed E-state index contributed by atoms with van der Waals surface area (Å²) in [6.45, 7) is 21.9. The standard InChI is InChI=1S/C22H42O4Si/c1-11-25-21(24)14(2)12-13-18-17(5)20(16(4)15(3)19(18)23)26-27(9,10)22(6,7)8/h12,15-20,23H,11,13H2,1-10H3/b14-12+/t15-,16+,17-,18-,19+,20-/m1/s1. The molecule has 0 unspecified atom stereocenters. The van der Waals surface area contributed by atoms with E-state index in [9.17, 15) is 9.90 Å². The molecule has 0 aliphatic heterocycles. The van der Waals surface area contributed by atoms with Gasteiger partial charge in [0.2, 0.25) is 0 Å². The van der Waals surface area contributed by atoms with Crippen molar-refractivity contribution in [3.8, 4) is 0 Å². The smallest absolute Gasteiger partial charge is 0.333 e. The highest BCUT2D eigenvalue weighted by Gasteiger charge is 2.48. The fourth-order valence-electron chi connectivity index (χ4n) is 3.76. The summed E-state index contributed by atoms with van der Waals surface area (Å²) in [5.74, 6) is 0.501. The largest absolute Gasteiger partial charge is 0.463 e. The third kappa shape index (κ3) is 5.67. The predicted octanol–water partition coefficient (Wildman–Crippen LogP) is 5.18. The van der Waals surface area contributed by atoms with E-state index in [0.717, 1.165) is 0 Å². The summed E-state index contributed by atoms with van der Waals surface area (Å²) in [5, 5.41) is 11.1. The Balaban J connectivity index is 3.03. The number of ether oxygens (including phenoxy) is 1. The van der Waals surface area contributed by atoms with Gasteiger partial charge in [0.25, 0.3) is 0 Å². The monoisotopic (exact) mass is 398 g/mol. The summed E-state index contributed by atoms with van der Waals surface area (Å²) in [6.07, 6.45) is 2.33. The quantitative estimate of drug-likeness (QED) is 0.381. The molecular formula is C22H42O4Si. The molecule has 1 saturated carbocycles. The number of aliphatic hydroxyl groups is 1. The summed E-state index contributed by atoms with van der Waals surface area (Å²) in [6, 6.07) is 0. The van der Waals surface area contributed by atoms with Gasteiger partial charge < -0.3 is 14.3 Å².